The lowest BCUT2D eigenvalue weighted by molar-refractivity contribution is -0.134. The van der Waals surface area contributed by atoms with E-state index in [4.69, 9.17) is 0 Å². The molecule has 0 aromatic carbocycles. The van der Waals surface area contributed by atoms with Gasteiger partial charge in [0.25, 0.3) is 0 Å². The minimum atomic E-state index is 0.280. The van der Waals surface area contributed by atoms with Crippen molar-refractivity contribution in [1.82, 2.24) is 9.80 Å². The molecule has 0 unspecified atom stereocenters. The molecule has 0 spiro atoms. The molecule has 1 amide bonds. The molecule has 2 rings (SSSR count). The maximum absolute atomic E-state index is 11.6. The second-order valence-electron chi connectivity index (χ2n) is 6.46. The van der Waals surface area contributed by atoms with Crippen molar-refractivity contribution in [2.45, 2.75) is 65.0 Å². The Morgan fingerprint density at radius 1 is 1.17 bits per heavy atom. The monoisotopic (exact) mass is 252 g/mol. The summed E-state index contributed by atoms with van der Waals surface area (Å²) in [4.78, 5) is 16.3. The van der Waals surface area contributed by atoms with Gasteiger partial charge in [0.05, 0.1) is 0 Å². The number of likely N-dealkylation sites (tertiary alicyclic amines) is 1. The van der Waals surface area contributed by atoms with Crippen molar-refractivity contribution >= 4 is 5.91 Å². The summed E-state index contributed by atoms with van der Waals surface area (Å²) in [6, 6.07) is 1.01. The fraction of sp³-hybridized carbons (Fsp3) is 0.933. The van der Waals surface area contributed by atoms with Gasteiger partial charge in [-0.25, -0.2) is 0 Å². The topological polar surface area (TPSA) is 23.6 Å². The van der Waals surface area contributed by atoms with Crippen LogP contribution in [0.15, 0.2) is 0 Å². The molecule has 104 valence electrons. The Hall–Kier alpha value is -0.570. The number of amides is 1. The number of unbranched alkanes of at least 4 members (excludes halogenated alkanes) is 1. The van der Waals surface area contributed by atoms with Crippen LogP contribution in [0, 0.1) is 5.92 Å². The summed E-state index contributed by atoms with van der Waals surface area (Å²) in [6.07, 6.45) is 6.44. The van der Waals surface area contributed by atoms with Crippen molar-refractivity contribution in [3.63, 3.8) is 0 Å². The highest BCUT2D eigenvalue weighted by molar-refractivity contribution is 5.74. The van der Waals surface area contributed by atoms with E-state index >= 15 is 0 Å². The highest BCUT2D eigenvalue weighted by Gasteiger charge is 2.40. The van der Waals surface area contributed by atoms with E-state index in [1.807, 2.05) is 0 Å². The van der Waals surface area contributed by atoms with Gasteiger partial charge in [0.2, 0.25) is 5.91 Å². The lowest BCUT2D eigenvalue weighted by Crippen LogP contribution is -2.55. The van der Waals surface area contributed by atoms with Crippen LogP contribution in [0.3, 0.4) is 0 Å². The molecule has 0 aliphatic carbocycles. The van der Waals surface area contributed by atoms with Crippen LogP contribution in [0.2, 0.25) is 0 Å². The number of hydrogen-bond acceptors (Lipinski definition) is 2. The number of carbonyl (C=O) groups excluding carboxylic acids is 1. The molecule has 2 bridgehead atoms. The molecule has 2 heterocycles. The first kappa shape index (κ1) is 13.9. The molecule has 2 aliphatic heterocycles. The van der Waals surface area contributed by atoms with Gasteiger partial charge in [-0.2, -0.15) is 0 Å². The van der Waals surface area contributed by atoms with E-state index in [1.165, 1.54) is 38.6 Å². The average molecular weight is 252 g/mol. The predicted molar refractivity (Wildman–Crippen MR) is 74.5 cm³/mol. The van der Waals surface area contributed by atoms with E-state index in [2.05, 4.69) is 23.6 Å². The number of fused-ring (bicyclic) bond motifs is 2. The Morgan fingerprint density at radius 3 is 2.28 bits per heavy atom. The van der Waals surface area contributed by atoms with Gasteiger partial charge in [-0.05, 0) is 31.7 Å². The van der Waals surface area contributed by atoms with Crippen LogP contribution >= 0.6 is 0 Å². The van der Waals surface area contributed by atoms with E-state index < -0.39 is 0 Å². The SMILES string of the molecule is CC(=O)N1[C@@H]2CC[C@H]1CN(CCCCC(C)C)C2. The summed E-state index contributed by atoms with van der Waals surface area (Å²) in [5.74, 6) is 1.11. The minimum Gasteiger partial charge on any atom is -0.334 e. The third-order valence-corrected chi connectivity index (χ3v) is 4.43. The summed E-state index contributed by atoms with van der Waals surface area (Å²) in [5.41, 5.74) is 0. The zero-order chi connectivity index (χ0) is 13.1. The Labute approximate surface area is 112 Å². The molecule has 2 fully saturated rings. The highest BCUT2D eigenvalue weighted by Crippen LogP contribution is 2.30. The van der Waals surface area contributed by atoms with Gasteiger partial charge < -0.3 is 4.90 Å². The van der Waals surface area contributed by atoms with Gasteiger partial charge in [-0.15, -0.1) is 0 Å². The lowest BCUT2D eigenvalue weighted by Gasteiger charge is -2.40. The summed E-state index contributed by atoms with van der Waals surface area (Å²) >= 11 is 0. The van der Waals surface area contributed by atoms with E-state index in [0.29, 0.717) is 12.1 Å². The summed E-state index contributed by atoms with van der Waals surface area (Å²) in [6.45, 7) is 9.77. The number of carbonyl (C=O) groups is 1. The van der Waals surface area contributed by atoms with Crippen LogP contribution < -0.4 is 0 Å². The molecule has 0 radical (unpaired) electrons. The van der Waals surface area contributed by atoms with E-state index in [9.17, 15) is 4.79 Å². The van der Waals surface area contributed by atoms with Crippen LogP contribution in [0.25, 0.3) is 0 Å². The van der Waals surface area contributed by atoms with Crippen molar-refractivity contribution in [1.29, 1.82) is 0 Å². The molecule has 0 aromatic rings. The number of rotatable bonds is 5. The van der Waals surface area contributed by atoms with Crippen molar-refractivity contribution < 1.29 is 4.79 Å². The lowest BCUT2D eigenvalue weighted by atomic mass is 10.1. The molecular weight excluding hydrogens is 224 g/mol. The zero-order valence-electron chi connectivity index (χ0n) is 12.2. The first-order chi connectivity index (χ1) is 8.58. The summed E-state index contributed by atoms with van der Waals surface area (Å²) < 4.78 is 0. The number of hydrogen-bond donors (Lipinski definition) is 0. The Morgan fingerprint density at radius 2 is 1.78 bits per heavy atom. The van der Waals surface area contributed by atoms with Crippen molar-refractivity contribution in [3.8, 4) is 0 Å². The largest absolute Gasteiger partial charge is 0.334 e. The molecular formula is C15H28N2O. The maximum atomic E-state index is 11.6. The molecule has 3 heteroatoms. The van der Waals surface area contributed by atoms with Crippen LogP contribution in [0.5, 0.6) is 0 Å². The Bertz CT molecular complexity index is 276. The molecule has 0 N–H and O–H groups in total. The fourth-order valence-electron chi connectivity index (χ4n) is 3.58. The second kappa shape index (κ2) is 6.05. The molecule has 0 aromatic heterocycles. The van der Waals surface area contributed by atoms with Crippen molar-refractivity contribution in [2.24, 2.45) is 5.92 Å². The third-order valence-electron chi connectivity index (χ3n) is 4.43. The van der Waals surface area contributed by atoms with Crippen molar-refractivity contribution in [3.05, 3.63) is 0 Å². The second-order valence-corrected chi connectivity index (χ2v) is 6.46. The fourth-order valence-corrected chi connectivity index (χ4v) is 3.58. The standard InChI is InChI=1S/C15H28N2O/c1-12(2)6-4-5-9-16-10-14-7-8-15(11-16)17(14)13(3)18/h12,14-15H,4-11H2,1-3H3/t14-,15+. The van der Waals surface area contributed by atoms with Crippen LogP contribution in [0.1, 0.15) is 52.9 Å². The van der Waals surface area contributed by atoms with E-state index in [0.717, 1.165) is 19.0 Å². The smallest absolute Gasteiger partial charge is 0.220 e. The normalized spacial score (nSPS) is 28.1. The van der Waals surface area contributed by atoms with Gasteiger partial charge in [-0.1, -0.05) is 26.7 Å². The quantitative estimate of drug-likeness (QED) is 0.702. The maximum Gasteiger partial charge on any atom is 0.220 e. The van der Waals surface area contributed by atoms with Crippen LogP contribution in [-0.4, -0.2) is 47.4 Å². The molecule has 18 heavy (non-hydrogen) atoms. The van der Waals surface area contributed by atoms with Gasteiger partial charge in [-0.3, -0.25) is 9.69 Å². The predicted octanol–water partition coefficient (Wildman–Crippen LogP) is 2.51. The van der Waals surface area contributed by atoms with Gasteiger partial charge >= 0.3 is 0 Å². The summed E-state index contributed by atoms with van der Waals surface area (Å²) in [7, 11) is 0. The third kappa shape index (κ3) is 3.25. The molecule has 2 atom stereocenters. The van der Waals surface area contributed by atoms with E-state index in [1.54, 1.807) is 6.92 Å². The highest BCUT2D eigenvalue weighted by atomic mass is 16.2. The molecule has 2 aliphatic rings. The Kier molecular flexibility index (Phi) is 4.66. The van der Waals surface area contributed by atoms with Crippen molar-refractivity contribution in [2.75, 3.05) is 19.6 Å². The van der Waals surface area contributed by atoms with Gasteiger partial charge in [0.1, 0.15) is 0 Å². The minimum absolute atomic E-state index is 0.280. The molecule has 0 saturated carbocycles. The number of piperazine rings is 1. The van der Waals surface area contributed by atoms with Gasteiger partial charge in [0.15, 0.2) is 0 Å². The Balaban J connectivity index is 1.73. The van der Waals surface area contributed by atoms with Crippen LogP contribution in [-0.2, 0) is 4.79 Å². The molecule has 3 nitrogen and oxygen atoms in total. The number of nitrogens with zero attached hydrogens (tertiary/aromatic N) is 2. The van der Waals surface area contributed by atoms with Gasteiger partial charge in [0, 0.05) is 32.1 Å². The van der Waals surface area contributed by atoms with E-state index in [-0.39, 0.29) is 5.91 Å². The summed E-state index contributed by atoms with van der Waals surface area (Å²) in [5, 5.41) is 0. The first-order valence-electron chi connectivity index (χ1n) is 7.59. The average Bonchev–Trinajstić information content (AvgIpc) is 2.57. The van der Waals surface area contributed by atoms with Crippen LogP contribution in [0.4, 0.5) is 0 Å². The first-order valence-corrected chi connectivity index (χ1v) is 7.59. The molecule has 2 saturated heterocycles. The zero-order valence-corrected chi connectivity index (χ0v) is 12.2.